The zero-order valence-corrected chi connectivity index (χ0v) is 17.8. The van der Waals surface area contributed by atoms with E-state index in [1.165, 1.54) is 0 Å². The Morgan fingerprint density at radius 2 is 1.75 bits per heavy atom. The molecule has 1 aliphatic carbocycles. The molecule has 3 N–H and O–H groups in total. The molecule has 0 saturated heterocycles. The minimum atomic E-state index is -4.45. The van der Waals surface area contributed by atoms with E-state index in [9.17, 15) is 22.8 Å². The molecule has 1 heterocycles. The van der Waals surface area contributed by atoms with Crippen molar-refractivity contribution in [1.82, 2.24) is 15.6 Å². The van der Waals surface area contributed by atoms with Crippen molar-refractivity contribution in [3.63, 3.8) is 0 Å². The minimum Gasteiger partial charge on any atom is -0.353 e. The van der Waals surface area contributed by atoms with Gasteiger partial charge in [0.25, 0.3) is 0 Å². The number of urea groups is 1. The average Bonchev–Trinajstić information content (AvgIpc) is 2.78. The number of pyridine rings is 1. The van der Waals surface area contributed by atoms with Crippen molar-refractivity contribution in [1.29, 1.82) is 0 Å². The van der Waals surface area contributed by atoms with Crippen molar-refractivity contribution in [2.75, 3.05) is 11.9 Å². The molecule has 1 aliphatic rings. The quantitative estimate of drug-likeness (QED) is 0.603. The minimum absolute atomic E-state index is 0.194. The molecule has 0 bridgehead atoms. The topological polar surface area (TPSA) is 83.1 Å². The van der Waals surface area contributed by atoms with Crippen LogP contribution in [0.4, 0.5) is 23.7 Å². The molecule has 0 aliphatic heterocycles. The van der Waals surface area contributed by atoms with Gasteiger partial charge in [0.1, 0.15) is 6.04 Å². The number of aromatic nitrogens is 1. The Morgan fingerprint density at radius 3 is 2.34 bits per heavy atom. The van der Waals surface area contributed by atoms with Gasteiger partial charge in [0, 0.05) is 29.5 Å². The number of nitrogens with one attached hydrogen (secondary N) is 3. The van der Waals surface area contributed by atoms with Crippen LogP contribution in [-0.2, 0) is 16.4 Å². The van der Waals surface area contributed by atoms with E-state index in [0.717, 1.165) is 62.1 Å². The van der Waals surface area contributed by atoms with E-state index < -0.39 is 23.8 Å². The first kappa shape index (κ1) is 23.6. The van der Waals surface area contributed by atoms with Gasteiger partial charge in [-0.25, -0.2) is 4.79 Å². The highest BCUT2D eigenvalue weighted by Crippen LogP contribution is 2.38. The lowest BCUT2D eigenvalue weighted by atomic mass is 9.71. The molecule has 3 amide bonds. The number of alkyl halides is 3. The number of benzene rings is 1. The number of nitrogens with zero attached hydrogens (tertiary/aromatic N) is 1. The largest absolute Gasteiger partial charge is 0.416 e. The van der Waals surface area contributed by atoms with Crippen LogP contribution in [0.1, 0.15) is 50.3 Å². The van der Waals surface area contributed by atoms with Crippen molar-refractivity contribution in [3.8, 4) is 0 Å². The third kappa shape index (κ3) is 5.99. The third-order valence-electron chi connectivity index (χ3n) is 5.83. The lowest BCUT2D eigenvalue weighted by Gasteiger charge is -2.37. The maximum Gasteiger partial charge on any atom is 0.416 e. The summed E-state index contributed by atoms with van der Waals surface area (Å²) in [6.07, 6.45) is 2.46. The van der Waals surface area contributed by atoms with Gasteiger partial charge >= 0.3 is 12.2 Å². The Kier molecular flexibility index (Phi) is 7.37. The fourth-order valence-corrected chi connectivity index (χ4v) is 4.01. The Hall–Kier alpha value is -3.10. The van der Waals surface area contributed by atoms with Crippen LogP contribution < -0.4 is 16.0 Å². The number of hydrogen-bond donors (Lipinski definition) is 3. The maximum atomic E-state index is 12.6. The summed E-state index contributed by atoms with van der Waals surface area (Å²) >= 11 is 0. The van der Waals surface area contributed by atoms with E-state index in [0.29, 0.717) is 6.54 Å². The summed E-state index contributed by atoms with van der Waals surface area (Å²) in [4.78, 5) is 29.3. The van der Waals surface area contributed by atoms with E-state index >= 15 is 0 Å². The highest BCUT2D eigenvalue weighted by Gasteiger charge is 2.36. The van der Waals surface area contributed by atoms with Crippen molar-refractivity contribution >= 4 is 17.6 Å². The molecule has 6 nitrogen and oxygen atoms in total. The average molecular weight is 448 g/mol. The maximum absolute atomic E-state index is 12.6. The molecule has 0 radical (unpaired) electrons. The Labute approximate surface area is 185 Å². The van der Waals surface area contributed by atoms with Crippen molar-refractivity contribution in [2.24, 2.45) is 0 Å². The second-order valence-electron chi connectivity index (χ2n) is 8.17. The molecule has 1 aromatic carbocycles. The van der Waals surface area contributed by atoms with Crippen LogP contribution in [0.25, 0.3) is 0 Å². The van der Waals surface area contributed by atoms with Crippen LogP contribution in [0.3, 0.4) is 0 Å². The summed E-state index contributed by atoms with van der Waals surface area (Å²) in [5, 5.41) is 7.89. The fourth-order valence-electron chi connectivity index (χ4n) is 4.01. The first-order valence-corrected chi connectivity index (χ1v) is 10.6. The molecule has 172 valence electrons. The van der Waals surface area contributed by atoms with E-state index in [2.05, 4.69) is 20.9 Å². The molecule has 0 spiro atoms. The van der Waals surface area contributed by atoms with Crippen LogP contribution in [0.2, 0.25) is 0 Å². The normalized spacial score (nSPS) is 16.6. The Balaban J connectivity index is 1.54. The Bertz CT molecular complexity index is 911. The lowest BCUT2D eigenvalue weighted by Crippen LogP contribution is -2.50. The van der Waals surface area contributed by atoms with Gasteiger partial charge in [-0.3, -0.25) is 9.78 Å². The predicted molar refractivity (Wildman–Crippen MR) is 115 cm³/mol. The number of carbonyl (C=O) groups is 2. The fraction of sp³-hybridized carbons (Fsp3) is 0.435. The first-order valence-electron chi connectivity index (χ1n) is 10.6. The van der Waals surface area contributed by atoms with Crippen LogP contribution in [0.5, 0.6) is 0 Å². The highest BCUT2D eigenvalue weighted by atomic mass is 19.4. The van der Waals surface area contributed by atoms with Crippen LogP contribution in [-0.4, -0.2) is 29.5 Å². The second kappa shape index (κ2) is 10.0. The number of carbonyl (C=O) groups excluding carboxylic acids is 2. The van der Waals surface area contributed by atoms with Gasteiger partial charge in [-0.05, 0) is 56.2 Å². The number of amides is 3. The SMILES string of the molecule is CC(NC(=O)Nc1ccc(C(F)(F)F)cc1)C(=O)NCC1(c2ccccn2)CCCCC1. The summed E-state index contributed by atoms with van der Waals surface area (Å²) in [5.41, 5.74) is 0.123. The van der Waals surface area contributed by atoms with Gasteiger partial charge in [0.05, 0.1) is 5.56 Å². The van der Waals surface area contributed by atoms with Crippen LogP contribution in [0.15, 0.2) is 48.7 Å². The summed E-state index contributed by atoms with van der Waals surface area (Å²) in [7, 11) is 0. The van der Waals surface area contributed by atoms with E-state index in [1.807, 2.05) is 18.2 Å². The molecular weight excluding hydrogens is 421 g/mol. The van der Waals surface area contributed by atoms with Gasteiger partial charge in [-0.2, -0.15) is 13.2 Å². The second-order valence-corrected chi connectivity index (χ2v) is 8.17. The molecule has 3 rings (SSSR count). The predicted octanol–water partition coefficient (Wildman–Crippen LogP) is 4.63. The molecule has 1 saturated carbocycles. The standard InChI is InChI=1S/C23H27F3N4O2/c1-16(29-21(32)30-18-10-8-17(9-11-18)23(24,25)26)20(31)28-15-22(12-4-2-5-13-22)19-7-3-6-14-27-19/h3,6-11,14,16H,2,4-5,12-13,15H2,1H3,(H,28,31)(H2,29,30,32). The van der Waals surface area contributed by atoms with Gasteiger partial charge in [0.2, 0.25) is 5.91 Å². The van der Waals surface area contributed by atoms with Gasteiger partial charge in [-0.15, -0.1) is 0 Å². The smallest absolute Gasteiger partial charge is 0.353 e. The van der Waals surface area contributed by atoms with Crippen LogP contribution in [0, 0.1) is 0 Å². The van der Waals surface area contributed by atoms with Gasteiger partial charge in [-0.1, -0.05) is 25.3 Å². The summed E-state index contributed by atoms with van der Waals surface area (Å²) in [6, 6.07) is 8.37. The molecule has 9 heteroatoms. The lowest BCUT2D eigenvalue weighted by molar-refractivity contribution is -0.137. The van der Waals surface area contributed by atoms with Gasteiger partial charge < -0.3 is 16.0 Å². The number of halogens is 3. The third-order valence-corrected chi connectivity index (χ3v) is 5.83. The van der Waals surface area contributed by atoms with Crippen molar-refractivity contribution < 1.29 is 22.8 Å². The molecular formula is C23H27F3N4O2. The molecule has 1 fully saturated rings. The zero-order chi connectivity index (χ0) is 23.2. The first-order chi connectivity index (χ1) is 15.2. The highest BCUT2D eigenvalue weighted by molar-refractivity contribution is 5.93. The summed E-state index contributed by atoms with van der Waals surface area (Å²) in [6.45, 7) is 1.98. The number of rotatable bonds is 6. The van der Waals surface area contributed by atoms with E-state index in [1.54, 1.807) is 13.1 Å². The van der Waals surface area contributed by atoms with E-state index in [-0.39, 0.29) is 17.0 Å². The molecule has 32 heavy (non-hydrogen) atoms. The zero-order valence-electron chi connectivity index (χ0n) is 17.8. The summed E-state index contributed by atoms with van der Waals surface area (Å²) < 4.78 is 37.9. The monoisotopic (exact) mass is 448 g/mol. The van der Waals surface area contributed by atoms with E-state index in [4.69, 9.17) is 0 Å². The number of anilines is 1. The molecule has 2 aromatic rings. The van der Waals surface area contributed by atoms with Crippen LogP contribution >= 0.6 is 0 Å². The Morgan fingerprint density at radius 1 is 1.06 bits per heavy atom. The molecule has 1 aromatic heterocycles. The summed E-state index contributed by atoms with van der Waals surface area (Å²) in [5.74, 6) is -0.339. The number of hydrogen-bond acceptors (Lipinski definition) is 3. The molecule has 1 unspecified atom stereocenters. The van der Waals surface area contributed by atoms with Gasteiger partial charge in [0.15, 0.2) is 0 Å². The molecule has 1 atom stereocenters. The van der Waals surface area contributed by atoms with Crippen molar-refractivity contribution in [2.45, 2.75) is 56.7 Å². The van der Waals surface area contributed by atoms with Crippen molar-refractivity contribution in [3.05, 3.63) is 59.9 Å².